The third kappa shape index (κ3) is 2.96. The summed E-state index contributed by atoms with van der Waals surface area (Å²) in [5.74, 6) is -0.408. The van der Waals surface area contributed by atoms with Crippen molar-refractivity contribution < 1.29 is 9.50 Å². The second-order valence-electron chi connectivity index (χ2n) is 4.46. The average molecular weight is 248 g/mol. The van der Waals surface area contributed by atoms with E-state index in [-0.39, 0.29) is 18.3 Å². The highest BCUT2D eigenvalue weighted by Crippen LogP contribution is 2.23. The van der Waals surface area contributed by atoms with Crippen LogP contribution in [-0.4, -0.2) is 21.5 Å². The zero-order valence-corrected chi connectivity index (χ0v) is 10.4. The number of aryl methyl sites for hydroxylation is 2. The smallest absolute Gasteiger partial charge is 0.126 e. The van der Waals surface area contributed by atoms with Gasteiger partial charge in [0.15, 0.2) is 0 Å². The van der Waals surface area contributed by atoms with Crippen molar-refractivity contribution in [3.05, 3.63) is 53.6 Å². The first-order valence-electron chi connectivity index (χ1n) is 6.03. The Balaban J connectivity index is 2.04. The molecule has 1 unspecified atom stereocenters. The summed E-state index contributed by atoms with van der Waals surface area (Å²) < 4.78 is 15.4. The first kappa shape index (κ1) is 12.8. The number of hydrogen-bond donors (Lipinski definition) is 1. The van der Waals surface area contributed by atoms with Crippen LogP contribution in [0.25, 0.3) is 0 Å². The maximum absolute atomic E-state index is 13.6. The number of aliphatic hydroxyl groups excluding tert-OH is 1. The van der Waals surface area contributed by atoms with Crippen LogP contribution in [0.3, 0.4) is 0 Å². The summed E-state index contributed by atoms with van der Waals surface area (Å²) in [6.07, 6.45) is 5.24. The predicted molar refractivity (Wildman–Crippen MR) is 67.8 cm³/mol. The summed E-state index contributed by atoms with van der Waals surface area (Å²) in [7, 11) is 1.86. The Morgan fingerprint density at radius 2 is 2.17 bits per heavy atom. The number of nitrogens with zero attached hydrogens (tertiary/aromatic N) is 2. The molecule has 1 aromatic carbocycles. The fraction of sp³-hybridized carbons (Fsp3) is 0.357. The van der Waals surface area contributed by atoms with Crippen LogP contribution in [0, 0.1) is 5.82 Å². The maximum atomic E-state index is 13.6. The summed E-state index contributed by atoms with van der Waals surface area (Å²) in [5, 5.41) is 13.5. The average Bonchev–Trinajstić information content (AvgIpc) is 2.78. The largest absolute Gasteiger partial charge is 0.396 e. The van der Waals surface area contributed by atoms with Gasteiger partial charge in [-0.1, -0.05) is 18.2 Å². The van der Waals surface area contributed by atoms with Crippen molar-refractivity contribution >= 4 is 0 Å². The Labute approximate surface area is 106 Å². The van der Waals surface area contributed by atoms with E-state index in [9.17, 15) is 9.50 Å². The molecule has 0 saturated heterocycles. The molecular weight excluding hydrogens is 231 g/mol. The van der Waals surface area contributed by atoms with Crippen LogP contribution < -0.4 is 0 Å². The molecule has 1 N–H and O–H groups in total. The van der Waals surface area contributed by atoms with Crippen molar-refractivity contribution in [2.45, 2.75) is 18.8 Å². The Kier molecular flexibility index (Phi) is 4.10. The molecule has 1 aromatic heterocycles. The molecule has 1 atom stereocenters. The van der Waals surface area contributed by atoms with Crippen molar-refractivity contribution in [2.24, 2.45) is 7.05 Å². The number of benzene rings is 1. The zero-order chi connectivity index (χ0) is 13.0. The lowest BCUT2D eigenvalue weighted by atomic mass is 9.93. The predicted octanol–water partition coefficient (Wildman–Crippen LogP) is 2.27. The zero-order valence-electron chi connectivity index (χ0n) is 10.4. The van der Waals surface area contributed by atoms with Crippen LogP contribution in [0.5, 0.6) is 0 Å². The minimum absolute atomic E-state index is 0.0405. The topological polar surface area (TPSA) is 38.0 Å². The highest BCUT2D eigenvalue weighted by molar-refractivity contribution is 5.22. The minimum atomic E-state index is -0.247. The van der Waals surface area contributed by atoms with Gasteiger partial charge in [-0.15, -0.1) is 0 Å². The molecule has 2 aromatic rings. The van der Waals surface area contributed by atoms with Gasteiger partial charge in [-0.2, -0.15) is 5.10 Å². The van der Waals surface area contributed by atoms with Crippen LogP contribution in [-0.2, 0) is 13.5 Å². The summed E-state index contributed by atoms with van der Waals surface area (Å²) in [6.45, 7) is -0.0405. The molecule has 0 aliphatic carbocycles. The monoisotopic (exact) mass is 248 g/mol. The first-order valence-corrected chi connectivity index (χ1v) is 6.03. The van der Waals surface area contributed by atoms with E-state index in [1.807, 2.05) is 13.2 Å². The molecule has 18 heavy (non-hydrogen) atoms. The molecule has 3 nitrogen and oxygen atoms in total. The molecule has 0 bridgehead atoms. The lowest BCUT2D eigenvalue weighted by Gasteiger charge is -2.14. The fourth-order valence-corrected chi connectivity index (χ4v) is 2.09. The third-order valence-electron chi connectivity index (χ3n) is 3.11. The molecule has 0 aliphatic rings. The SMILES string of the molecule is Cn1cc(CCC(CO)c2ccccc2F)cn1. The fourth-order valence-electron chi connectivity index (χ4n) is 2.09. The van der Waals surface area contributed by atoms with Crippen LogP contribution in [0.2, 0.25) is 0 Å². The van der Waals surface area contributed by atoms with E-state index in [2.05, 4.69) is 5.10 Å². The van der Waals surface area contributed by atoms with E-state index < -0.39 is 0 Å². The number of rotatable bonds is 5. The van der Waals surface area contributed by atoms with Crippen LogP contribution in [0.1, 0.15) is 23.5 Å². The maximum Gasteiger partial charge on any atom is 0.126 e. The van der Waals surface area contributed by atoms with Crippen LogP contribution in [0.4, 0.5) is 4.39 Å². The van der Waals surface area contributed by atoms with Crippen molar-refractivity contribution in [1.29, 1.82) is 0 Å². The van der Waals surface area contributed by atoms with Crippen LogP contribution in [0.15, 0.2) is 36.7 Å². The molecule has 0 saturated carbocycles. The Morgan fingerprint density at radius 1 is 1.39 bits per heavy atom. The number of aliphatic hydroxyl groups is 1. The Hall–Kier alpha value is -1.68. The van der Waals surface area contributed by atoms with Gasteiger partial charge in [-0.3, -0.25) is 4.68 Å². The van der Waals surface area contributed by atoms with E-state index in [4.69, 9.17) is 0 Å². The summed E-state index contributed by atoms with van der Waals surface area (Å²) in [4.78, 5) is 0. The number of halogens is 1. The molecule has 0 fully saturated rings. The molecule has 1 heterocycles. The van der Waals surface area contributed by atoms with Gasteiger partial charge in [0.2, 0.25) is 0 Å². The standard InChI is InChI=1S/C14H17FN2O/c1-17-9-11(8-16-17)6-7-12(10-18)13-4-2-3-5-14(13)15/h2-5,8-9,12,18H,6-7,10H2,1H3. The summed E-state index contributed by atoms with van der Waals surface area (Å²) in [6, 6.07) is 6.63. The second kappa shape index (κ2) is 5.78. The van der Waals surface area contributed by atoms with Gasteiger partial charge >= 0.3 is 0 Å². The van der Waals surface area contributed by atoms with Gasteiger partial charge in [0, 0.05) is 19.2 Å². The Morgan fingerprint density at radius 3 is 2.78 bits per heavy atom. The second-order valence-corrected chi connectivity index (χ2v) is 4.46. The van der Waals surface area contributed by atoms with Crippen molar-refractivity contribution in [3.63, 3.8) is 0 Å². The summed E-state index contributed by atoms with van der Waals surface area (Å²) in [5.41, 5.74) is 1.69. The van der Waals surface area contributed by atoms with Gasteiger partial charge in [-0.25, -0.2) is 4.39 Å². The Bertz CT molecular complexity index is 510. The molecule has 0 spiro atoms. The van der Waals surface area contributed by atoms with Gasteiger partial charge in [-0.05, 0) is 30.0 Å². The van der Waals surface area contributed by atoms with E-state index in [0.29, 0.717) is 12.0 Å². The van der Waals surface area contributed by atoms with Gasteiger partial charge in [0.1, 0.15) is 5.82 Å². The van der Waals surface area contributed by atoms with Crippen molar-refractivity contribution in [2.75, 3.05) is 6.61 Å². The highest BCUT2D eigenvalue weighted by Gasteiger charge is 2.14. The van der Waals surface area contributed by atoms with E-state index in [1.165, 1.54) is 6.07 Å². The molecule has 0 amide bonds. The lowest BCUT2D eigenvalue weighted by molar-refractivity contribution is 0.256. The van der Waals surface area contributed by atoms with Gasteiger partial charge in [0.25, 0.3) is 0 Å². The van der Waals surface area contributed by atoms with Crippen molar-refractivity contribution in [3.8, 4) is 0 Å². The normalized spacial score (nSPS) is 12.6. The molecule has 0 aliphatic heterocycles. The molecule has 4 heteroatoms. The minimum Gasteiger partial charge on any atom is -0.396 e. The van der Waals surface area contributed by atoms with E-state index >= 15 is 0 Å². The molecular formula is C14H17FN2O. The van der Waals surface area contributed by atoms with E-state index in [0.717, 1.165) is 12.0 Å². The van der Waals surface area contributed by atoms with Crippen molar-refractivity contribution in [1.82, 2.24) is 9.78 Å². The third-order valence-corrected chi connectivity index (χ3v) is 3.11. The van der Waals surface area contributed by atoms with Gasteiger partial charge < -0.3 is 5.11 Å². The molecule has 0 radical (unpaired) electrons. The molecule has 2 rings (SSSR count). The van der Waals surface area contributed by atoms with E-state index in [1.54, 1.807) is 29.1 Å². The number of aromatic nitrogens is 2. The first-order chi connectivity index (χ1) is 8.70. The highest BCUT2D eigenvalue weighted by atomic mass is 19.1. The quantitative estimate of drug-likeness (QED) is 0.881. The molecule has 96 valence electrons. The number of hydrogen-bond acceptors (Lipinski definition) is 2. The van der Waals surface area contributed by atoms with Crippen LogP contribution >= 0.6 is 0 Å². The lowest BCUT2D eigenvalue weighted by Crippen LogP contribution is -2.07. The summed E-state index contributed by atoms with van der Waals surface area (Å²) >= 11 is 0. The van der Waals surface area contributed by atoms with Gasteiger partial charge in [0.05, 0.1) is 12.8 Å².